The summed E-state index contributed by atoms with van der Waals surface area (Å²) in [7, 11) is 3.08. The van der Waals surface area contributed by atoms with Crippen LogP contribution in [0, 0.1) is 11.2 Å². The van der Waals surface area contributed by atoms with Crippen LogP contribution in [0.2, 0.25) is 0 Å². The first-order chi connectivity index (χ1) is 11.6. The molecule has 0 aromatic heterocycles. The highest BCUT2D eigenvalue weighted by molar-refractivity contribution is 5.94. The molecule has 6 heteroatoms. The number of hydrogen-bond donors (Lipinski definition) is 0. The first-order valence-electron chi connectivity index (χ1n) is 8.33. The molecule has 24 heavy (non-hydrogen) atoms. The van der Waals surface area contributed by atoms with Crippen LogP contribution in [-0.2, 0) is 9.47 Å². The van der Waals surface area contributed by atoms with E-state index in [2.05, 4.69) is 0 Å². The summed E-state index contributed by atoms with van der Waals surface area (Å²) in [6.07, 6.45) is 2.90. The molecule has 2 saturated heterocycles. The number of piperidine rings is 1. The third-order valence-corrected chi connectivity index (χ3v) is 5.11. The topological polar surface area (TPSA) is 48.0 Å². The van der Waals surface area contributed by atoms with Crippen molar-refractivity contribution >= 4 is 5.91 Å². The molecular formula is C18H24FNO4. The summed E-state index contributed by atoms with van der Waals surface area (Å²) in [6, 6.07) is 4.24. The number of nitrogens with zero attached hydrogens (tertiary/aromatic N) is 1. The Morgan fingerprint density at radius 1 is 1.46 bits per heavy atom. The van der Waals surface area contributed by atoms with Crippen LogP contribution in [0.4, 0.5) is 4.39 Å². The smallest absolute Gasteiger partial charge is 0.254 e. The van der Waals surface area contributed by atoms with E-state index >= 15 is 0 Å². The van der Waals surface area contributed by atoms with E-state index in [1.54, 1.807) is 7.11 Å². The van der Waals surface area contributed by atoms with Gasteiger partial charge in [-0.25, -0.2) is 4.39 Å². The van der Waals surface area contributed by atoms with E-state index in [4.69, 9.17) is 14.2 Å². The SMILES string of the molecule is COC[C@@]12CCCO[C@@H]1CCN(C(=O)c1ccc(F)c(OC)c1)C2. The van der Waals surface area contributed by atoms with Crippen molar-refractivity contribution in [2.75, 3.05) is 40.5 Å². The fraction of sp³-hybridized carbons (Fsp3) is 0.611. The molecule has 2 atom stereocenters. The average molecular weight is 337 g/mol. The maximum atomic E-state index is 13.6. The van der Waals surface area contributed by atoms with Gasteiger partial charge in [-0.15, -0.1) is 0 Å². The molecule has 132 valence electrons. The van der Waals surface area contributed by atoms with E-state index < -0.39 is 5.82 Å². The lowest BCUT2D eigenvalue weighted by Crippen LogP contribution is -2.58. The van der Waals surface area contributed by atoms with E-state index in [0.717, 1.165) is 25.9 Å². The normalized spacial score (nSPS) is 26.8. The van der Waals surface area contributed by atoms with Crippen molar-refractivity contribution < 1.29 is 23.4 Å². The molecule has 5 nitrogen and oxygen atoms in total. The predicted octanol–water partition coefficient (Wildman–Crippen LogP) is 2.49. The van der Waals surface area contributed by atoms with Crippen molar-refractivity contribution in [1.82, 2.24) is 4.90 Å². The molecule has 1 amide bonds. The zero-order valence-electron chi connectivity index (χ0n) is 14.2. The average Bonchev–Trinajstić information content (AvgIpc) is 2.61. The maximum absolute atomic E-state index is 13.6. The summed E-state index contributed by atoms with van der Waals surface area (Å²) in [4.78, 5) is 14.7. The summed E-state index contributed by atoms with van der Waals surface area (Å²) in [6.45, 7) is 2.59. The Balaban J connectivity index is 1.80. The van der Waals surface area contributed by atoms with Crippen LogP contribution < -0.4 is 4.74 Å². The maximum Gasteiger partial charge on any atom is 0.254 e. The molecule has 1 aromatic rings. The molecule has 0 N–H and O–H groups in total. The molecule has 0 bridgehead atoms. The number of carbonyl (C=O) groups is 1. The van der Waals surface area contributed by atoms with Gasteiger partial charge in [0.2, 0.25) is 0 Å². The van der Waals surface area contributed by atoms with E-state index in [9.17, 15) is 9.18 Å². The van der Waals surface area contributed by atoms with Gasteiger partial charge in [-0.2, -0.15) is 0 Å². The van der Waals surface area contributed by atoms with Crippen molar-refractivity contribution in [3.8, 4) is 5.75 Å². The Hall–Kier alpha value is -1.66. The van der Waals surface area contributed by atoms with Gasteiger partial charge in [0.05, 0.1) is 19.8 Å². The molecule has 0 saturated carbocycles. The summed E-state index contributed by atoms with van der Waals surface area (Å²) in [5, 5.41) is 0. The third-order valence-electron chi connectivity index (χ3n) is 5.11. The largest absolute Gasteiger partial charge is 0.494 e. The molecule has 0 aliphatic carbocycles. The van der Waals surface area contributed by atoms with E-state index in [-0.39, 0.29) is 23.2 Å². The lowest BCUT2D eigenvalue weighted by molar-refractivity contribution is -0.142. The zero-order valence-corrected chi connectivity index (χ0v) is 14.2. The first kappa shape index (κ1) is 17.2. The monoisotopic (exact) mass is 337 g/mol. The summed E-state index contributed by atoms with van der Waals surface area (Å²) < 4.78 is 29.9. The van der Waals surface area contributed by atoms with Crippen molar-refractivity contribution in [2.24, 2.45) is 5.41 Å². The third kappa shape index (κ3) is 3.13. The highest BCUT2D eigenvalue weighted by atomic mass is 19.1. The van der Waals surface area contributed by atoms with Gasteiger partial charge in [0.15, 0.2) is 11.6 Å². The van der Waals surface area contributed by atoms with Crippen LogP contribution in [0.5, 0.6) is 5.75 Å². The number of rotatable bonds is 4. The Morgan fingerprint density at radius 2 is 2.29 bits per heavy atom. The molecule has 2 aliphatic heterocycles. The lowest BCUT2D eigenvalue weighted by atomic mass is 9.73. The Bertz CT molecular complexity index is 605. The number of fused-ring (bicyclic) bond motifs is 1. The number of likely N-dealkylation sites (tertiary alicyclic amines) is 1. The first-order valence-corrected chi connectivity index (χ1v) is 8.33. The van der Waals surface area contributed by atoms with Crippen LogP contribution >= 0.6 is 0 Å². The van der Waals surface area contributed by atoms with Crippen molar-refractivity contribution in [3.05, 3.63) is 29.6 Å². The Labute approximate surface area is 141 Å². The second kappa shape index (κ2) is 7.07. The number of ether oxygens (including phenoxy) is 3. The molecule has 2 heterocycles. The number of carbonyl (C=O) groups excluding carboxylic acids is 1. The van der Waals surface area contributed by atoms with Gasteiger partial charge in [0.25, 0.3) is 5.91 Å². The quantitative estimate of drug-likeness (QED) is 0.847. The van der Waals surface area contributed by atoms with Crippen LogP contribution in [-0.4, -0.2) is 57.4 Å². The van der Waals surface area contributed by atoms with E-state index in [1.165, 1.54) is 25.3 Å². The van der Waals surface area contributed by atoms with Crippen molar-refractivity contribution in [1.29, 1.82) is 0 Å². The summed E-state index contributed by atoms with van der Waals surface area (Å²) in [5.41, 5.74) is 0.293. The Morgan fingerprint density at radius 3 is 3.04 bits per heavy atom. The minimum atomic E-state index is -0.468. The van der Waals surface area contributed by atoms with Gasteiger partial charge in [-0.1, -0.05) is 0 Å². The molecule has 1 aromatic carbocycles. The molecule has 0 unspecified atom stereocenters. The predicted molar refractivity (Wildman–Crippen MR) is 86.8 cm³/mol. The zero-order chi connectivity index (χ0) is 17.2. The second-order valence-electron chi connectivity index (χ2n) is 6.62. The number of hydrogen-bond acceptors (Lipinski definition) is 4. The van der Waals surface area contributed by atoms with Crippen molar-refractivity contribution in [2.45, 2.75) is 25.4 Å². The standard InChI is InChI=1S/C18H24FNO4/c1-22-12-18-7-3-9-24-16(18)6-8-20(11-18)17(21)13-4-5-14(19)15(10-13)23-2/h4-5,10,16H,3,6-9,11-12H2,1-2H3/t16-,18+/m1/s1. The van der Waals surface area contributed by atoms with Gasteiger partial charge in [-0.3, -0.25) is 4.79 Å². The number of methoxy groups -OCH3 is 2. The molecule has 3 rings (SSSR count). The lowest BCUT2D eigenvalue weighted by Gasteiger charge is -2.50. The molecule has 2 aliphatic rings. The minimum Gasteiger partial charge on any atom is -0.494 e. The van der Waals surface area contributed by atoms with Gasteiger partial charge in [0.1, 0.15) is 0 Å². The van der Waals surface area contributed by atoms with E-state index in [1.807, 2.05) is 4.90 Å². The van der Waals surface area contributed by atoms with Crippen molar-refractivity contribution in [3.63, 3.8) is 0 Å². The van der Waals surface area contributed by atoms with Gasteiger partial charge in [0, 0.05) is 37.8 Å². The van der Waals surface area contributed by atoms with Crippen LogP contribution in [0.25, 0.3) is 0 Å². The van der Waals surface area contributed by atoms with Gasteiger partial charge >= 0.3 is 0 Å². The number of halogens is 1. The van der Waals surface area contributed by atoms with Crippen LogP contribution in [0.15, 0.2) is 18.2 Å². The summed E-state index contributed by atoms with van der Waals surface area (Å²) in [5.74, 6) is -0.486. The summed E-state index contributed by atoms with van der Waals surface area (Å²) >= 11 is 0. The van der Waals surface area contributed by atoms with E-state index in [0.29, 0.717) is 25.3 Å². The molecule has 0 radical (unpaired) electrons. The second-order valence-corrected chi connectivity index (χ2v) is 6.62. The minimum absolute atomic E-state index is 0.0864. The van der Waals surface area contributed by atoms with Crippen LogP contribution in [0.1, 0.15) is 29.6 Å². The fourth-order valence-electron chi connectivity index (χ4n) is 3.94. The molecular weight excluding hydrogens is 313 g/mol. The molecule has 2 fully saturated rings. The Kier molecular flexibility index (Phi) is 5.06. The fourth-order valence-corrected chi connectivity index (χ4v) is 3.94. The molecule has 0 spiro atoms. The number of amides is 1. The highest BCUT2D eigenvalue weighted by Gasteiger charge is 2.47. The van der Waals surface area contributed by atoms with Crippen LogP contribution in [0.3, 0.4) is 0 Å². The van der Waals surface area contributed by atoms with Gasteiger partial charge in [-0.05, 0) is 37.5 Å². The highest BCUT2D eigenvalue weighted by Crippen LogP contribution is 2.40. The number of benzene rings is 1. The van der Waals surface area contributed by atoms with Gasteiger partial charge < -0.3 is 19.1 Å².